The minimum atomic E-state index is 1.09. The Morgan fingerprint density at radius 3 is 2.73 bits per heavy atom. The molecular weight excluding hydrogens is 297 g/mol. The van der Waals surface area contributed by atoms with Gasteiger partial charge in [0.15, 0.2) is 0 Å². The van der Waals surface area contributed by atoms with Gasteiger partial charge in [0.2, 0.25) is 0 Å². The SMILES string of the molecule is CCCCCCc1nccc(CI)c1C. The normalized spacial score (nSPS) is 10.6. The van der Waals surface area contributed by atoms with E-state index in [-0.39, 0.29) is 0 Å². The Bertz CT molecular complexity index is 297. The first kappa shape index (κ1) is 12.9. The second-order valence-corrected chi connectivity index (χ2v) is 4.75. The summed E-state index contributed by atoms with van der Waals surface area (Å²) in [6.45, 7) is 4.45. The van der Waals surface area contributed by atoms with Gasteiger partial charge in [-0.25, -0.2) is 0 Å². The van der Waals surface area contributed by atoms with Crippen LogP contribution in [0.2, 0.25) is 0 Å². The molecule has 0 spiro atoms. The van der Waals surface area contributed by atoms with E-state index in [4.69, 9.17) is 0 Å². The fourth-order valence-corrected chi connectivity index (χ4v) is 2.57. The number of halogens is 1. The Balaban J connectivity index is 2.53. The molecule has 1 aromatic rings. The predicted octanol–water partition coefficient (Wildman–Crippen LogP) is 4.45. The smallest absolute Gasteiger partial charge is 0.0435 e. The third-order valence-corrected chi connectivity index (χ3v) is 3.65. The maximum atomic E-state index is 4.48. The monoisotopic (exact) mass is 317 g/mol. The fraction of sp³-hybridized carbons (Fsp3) is 0.615. The van der Waals surface area contributed by atoms with Crippen molar-refractivity contribution in [3.63, 3.8) is 0 Å². The van der Waals surface area contributed by atoms with Crippen LogP contribution in [0.15, 0.2) is 12.3 Å². The van der Waals surface area contributed by atoms with Gasteiger partial charge in [-0.15, -0.1) is 0 Å². The van der Waals surface area contributed by atoms with Crippen LogP contribution in [-0.2, 0) is 10.8 Å². The van der Waals surface area contributed by atoms with Gasteiger partial charge in [-0.05, 0) is 37.0 Å². The molecule has 0 unspecified atom stereocenters. The van der Waals surface area contributed by atoms with Crippen LogP contribution in [0.1, 0.15) is 49.4 Å². The van der Waals surface area contributed by atoms with Crippen LogP contribution in [0.5, 0.6) is 0 Å². The molecule has 0 saturated heterocycles. The van der Waals surface area contributed by atoms with Crippen molar-refractivity contribution in [2.45, 2.75) is 50.4 Å². The lowest BCUT2D eigenvalue weighted by molar-refractivity contribution is 0.658. The number of aromatic nitrogens is 1. The highest BCUT2D eigenvalue weighted by molar-refractivity contribution is 14.1. The molecule has 0 aromatic carbocycles. The molecule has 1 aromatic heterocycles. The molecule has 0 bridgehead atoms. The Hall–Kier alpha value is -0.120. The summed E-state index contributed by atoms with van der Waals surface area (Å²) in [5.74, 6) is 0. The van der Waals surface area contributed by atoms with Crippen molar-refractivity contribution in [2.75, 3.05) is 0 Å². The van der Waals surface area contributed by atoms with Gasteiger partial charge in [-0.1, -0.05) is 48.8 Å². The number of hydrogen-bond acceptors (Lipinski definition) is 1. The Morgan fingerprint density at radius 1 is 1.27 bits per heavy atom. The molecule has 0 fully saturated rings. The van der Waals surface area contributed by atoms with Crippen molar-refractivity contribution >= 4 is 22.6 Å². The van der Waals surface area contributed by atoms with Crippen molar-refractivity contribution in [1.29, 1.82) is 0 Å². The molecule has 1 heterocycles. The van der Waals surface area contributed by atoms with Gasteiger partial charge >= 0.3 is 0 Å². The lowest BCUT2D eigenvalue weighted by Crippen LogP contribution is -1.97. The van der Waals surface area contributed by atoms with Crippen LogP contribution in [0, 0.1) is 6.92 Å². The molecule has 1 rings (SSSR count). The zero-order chi connectivity index (χ0) is 11.1. The van der Waals surface area contributed by atoms with Crippen LogP contribution in [0.25, 0.3) is 0 Å². The summed E-state index contributed by atoms with van der Waals surface area (Å²) in [7, 11) is 0. The number of unbranched alkanes of at least 4 members (excludes halogenated alkanes) is 3. The second kappa shape index (κ2) is 7.20. The predicted molar refractivity (Wildman–Crippen MR) is 74.5 cm³/mol. The van der Waals surface area contributed by atoms with E-state index < -0.39 is 0 Å². The van der Waals surface area contributed by atoms with Crippen LogP contribution < -0.4 is 0 Å². The molecule has 0 aliphatic heterocycles. The minimum absolute atomic E-state index is 1.09. The molecule has 2 heteroatoms. The summed E-state index contributed by atoms with van der Waals surface area (Å²) >= 11 is 2.42. The van der Waals surface area contributed by atoms with E-state index in [1.165, 1.54) is 42.5 Å². The van der Waals surface area contributed by atoms with Crippen molar-refractivity contribution in [3.05, 3.63) is 29.1 Å². The highest BCUT2D eigenvalue weighted by Crippen LogP contribution is 2.16. The third-order valence-electron chi connectivity index (χ3n) is 2.83. The molecule has 0 N–H and O–H groups in total. The molecule has 0 aliphatic carbocycles. The van der Waals surface area contributed by atoms with Gasteiger partial charge in [0.25, 0.3) is 0 Å². The summed E-state index contributed by atoms with van der Waals surface area (Å²) < 4.78 is 1.09. The van der Waals surface area contributed by atoms with Gasteiger partial charge < -0.3 is 0 Å². The Labute approximate surface area is 107 Å². The Morgan fingerprint density at radius 2 is 2.07 bits per heavy atom. The minimum Gasteiger partial charge on any atom is -0.261 e. The van der Waals surface area contributed by atoms with Gasteiger partial charge in [-0.3, -0.25) is 4.98 Å². The second-order valence-electron chi connectivity index (χ2n) is 3.99. The van der Waals surface area contributed by atoms with Crippen molar-refractivity contribution in [1.82, 2.24) is 4.98 Å². The summed E-state index contributed by atoms with van der Waals surface area (Å²) in [5, 5.41) is 0. The number of rotatable bonds is 6. The standard InChI is InChI=1S/C13H20IN/c1-3-4-5-6-7-13-11(2)12(10-14)8-9-15-13/h8-9H,3-7,10H2,1-2H3. The first-order valence-electron chi connectivity index (χ1n) is 5.79. The zero-order valence-corrected chi connectivity index (χ0v) is 11.9. The van der Waals surface area contributed by atoms with E-state index in [0.717, 1.165) is 10.8 Å². The highest BCUT2D eigenvalue weighted by Gasteiger charge is 2.03. The summed E-state index contributed by atoms with van der Waals surface area (Å²) in [5.41, 5.74) is 4.15. The number of aryl methyl sites for hydroxylation is 1. The molecule has 0 aliphatic rings. The summed E-state index contributed by atoms with van der Waals surface area (Å²) in [6, 6.07) is 2.14. The average molecular weight is 317 g/mol. The molecule has 0 amide bonds. The number of pyridine rings is 1. The fourth-order valence-electron chi connectivity index (χ4n) is 1.74. The van der Waals surface area contributed by atoms with E-state index in [2.05, 4.69) is 47.5 Å². The van der Waals surface area contributed by atoms with Gasteiger partial charge in [0.05, 0.1) is 0 Å². The van der Waals surface area contributed by atoms with Crippen LogP contribution in [-0.4, -0.2) is 4.98 Å². The van der Waals surface area contributed by atoms with Crippen LogP contribution in [0.3, 0.4) is 0 Å². The number of hydrogen-bond donors (Lipinski definition) is 0. The van der Waals surface area contributed by atoms with Crippen molar-refractivity contribution in [2.24, 2.45) is 0 Å². The molecule has 0 radical (unpaired) electrons. The average Bonchev–Trinajstić information content (AvgIpc) is 2.26. The largest absolute Gasteiger partial charge is 0.261 e. The molecule has 15 heavy (non-hydrogen) atoms. The van der Waals surface area contributed by atoms with E-state index in [1.54, 1.807) is 0 Å². The summed E-state index contributed by atoms with van der Waals surface area (Å²) in [4.78, 5) is 4.48. The maximum absolute atomic E-state index is 4.48. The van der Waals surface area contributed by atoms with Gasteiger partial charge in [0, 0.05) is 16.3 Å². The number of nitrogens with zero attached hydrogens (tertiary/aromatic N) is 1. The topological polar surface area (TPSA) is 12.9 Å². The van der Waals surface area contributed by atoms with E-state index >= 15 is 0 Å². The quantitative estimate of drug-likeness (QED) is 0.429. The highest BCUT2D eigenvalue weighted by atomic mass is 127. The van der Waals surface area contributed by atoms with E-state index in [9.17, 15) is 0 Å². The first-order chi connectivity index (χ1) is 7.29. The maximum Gasteiger partial charge on any atom is 0.0435 e. The van der Waals surface area contributed by atoms with Gasteiger partial charge in [-0.2, -0.15) is 0 Å². The van der Waals surface area contributed by atoms with Crippen molar-refractivity contribution < 1.29 is 0 Å². The molecule has 1 nitrogen and oxygen atoms in total. The lowest BCUT2D eigenvalue weighted by atomic mass is 10.0. The lowest BCUT2D eigenvalue weighted by Gasteiger charge is -2.08. The van der Waals surface area contributed by atoms with Gasteiger partial charge in [0.1, 0.15) is 0 Å². The zero-order valence-electron chi connectivity index (χ0n) is 9.72. The van der Waals surface area contributed by atoms with E-state index in [0.29, 0.717) is 0 Å². The molecular formula is C13H20IN. The van der Waals surface area contributed by atoms with Crippen LogP contribution >= 0.6 is 22.6 Å². The van der Waals surface area contributed by atoms with Crippen molar-refractivity contribution in [3.8, 4) is 0 Å². The number of alkyl halides is 1. The van der Waals surface area contributed by atoms with E-state index in [1.807, 2.05) is 6.20 Å². The molecule has 84 valence electrons. The third kappa shape index (κ3) is 4.09. The first-order valence-corrected chi connectivity index (χ1v) is 7.31. The Kier molecular flexibility index (Phi) is 6.22. The molecule has 0 saturated carbocycles. The summed E-state index contributed by atoms with van der Waals surface area (Å²) in [6.07, 6.45) is 8.39. The van der Waals surface area contributed by atoms with Crippen LogP contribution in [0.4, 0.5) is 0 Å². The molecule has 0 atom stereocenters.